The van der Waals surface area contributed by atoms with E-state index in [1.165, 1.54) is 11.6 Å². The van der Waals surface area contributed by atoms with Crippen LogP contribution >= 0.6 is 0 Å². The van der Waals surface area contributed by atoms with Crippen molar-refractivity contribution < 1.29 is 14.6 Å². The van der Waals surface area contributed by atoms with Crippen LogP contribution in [0.15, 0.2) is 42.4 Å². The lowest BCUT2D eigenvalue weighted by Crippen LogP contribution is -2.36. The predicted molar refractivity (Wildman–Crippen MR) is 124 cm³/mol. The zero-order valence-corrected chi connectivity index (χ0v) is 19.4. The molecule has 2 aliphatic carbocycles. The average molecular weight is 427 g/mol. The van der Waals surface area contributed by atoms with Gasteiger partial charge in [-0.05, 0) is 68.3 Å². The smallest absolute Gasteiger partial charge is 0.331 e. The molecule has 5 nitrogen and oxygen atoms in total. The first kappa shape index (κ1) is 23.5. The third-order valence-electron chi connectivity index (χ3n) is 7.03. The molecule has 0 bridgehead atoms. The number of aliphatic hydroxyl groups is 1. The number of aliphatic hydroxyl groups excluding tert-OH is 1. The van der Waals surface area contributed by atoms with Crippen molar-refractivity contribution in [2.24, 2.45) is 36.6 Å². The van der Waals surface area contributed by atoms with Gasteiger partial charge in [-0.1, -0.05) is 37.6 Å². The van der Waals surface area contributed by atoms with Gasteiger partial charge in [0, 0.05) is 32.3 Å². The van der Waals surface area contributed by atoms with E-state index in [9.17, 15) is 9.90 Å². The quantitative estimate of drug-likeness (QED) is 0.412. The van der Waals surface area contributed by atoms with Crippen LogP contribution in [0.3, 0.4) is 0 Å². The van der Waals surface area contributed by atoms with Crippen molar-refractivity contribution in [1.29, 1.82) is 0 Å². The van der Waals surface area contributed by atoms with Gasteiger partial charge in [-0.3, -0.25) is 0 Å². The molecule has 0 radical (unpaired) electrons. The van der Waals surface area contributed by atoms with Crippen molar-refractivity contribution in [3.63, 3.8) is 0 Å². The molecule has 0 saturated heterocycles. The van der Waals surface area contributed by atoms with Gasteiger partial charge >= 0.3 is 5.97 Å². The number of imidazole rings is 1. The van der Waals surface area contributed by atoms with Crippen molar-refractivity contribution in [2.45, 2.75) is 59.0 Å². The molecule has 0 aliphatic heterocycles. The Bertz CT molecular complexity index is 820. The number of carbonyl (C=O) groups excluding carboxylic acids is 1. The van der Waals surface area contributed by atoms with Crippen LogP contribution in [-0.2, 0) is 16.6 Å². The molecule has 3 rings (SSSR count). The summed E-state index contributed by atoms with van der Waals surface area (Å²) in [5.41, 5.74) is 2.15. The summed E-state index contributed by atoms with van der Waals surface area (Å²) in [7, 11) is 1.90. The van der Waals surface area contributed by atoms with Crippen LogP contribution in [0, 0.1) is 29.6 Å². The first-order valence-corrected chi connectivity index (χ1v) is 11.7. The van der Waals surface area contributed by atoms with Crippen LogP contribution in [0.25, 0.3) is 6.08 Å². The number of esters is 1. The molecule has 5 heteroatoms. The normalized spacial score (nSPS) is 29.6. The molecule has 5 atom stereocenters. The molecular formula is C26H38N2O3. The highest BCUT2D eigenvalue weighted by Crippen LogP contribution is 2.45. The summed E-state index contributed by atoms with van der Waals surface area (Å²) in [6, 6.07) is 0. The van der Waals surface area contributed by atoms with Crippen LogP contribution in [0.2, 0.25) is 0 Å². The van der Waals surface area contributed by atoms with Gasteiger partial charge in [0.25, 0.3) is 0 Å². The second kappa shape index (κ2) is 10.9. The summed E-state index contributed by atoms with van der Waals surface area (Å²) in [5.74, 6) is 2.08. The maximum Gasteiger partial charge on any atom is 0.331 e. The Hall–Kier alpha value is -2.14. The maximum atomic E-state index is 12.5. The monoisotopic (exact) mass is 426 g/mol. The number of fused-ring (bicyclic) bond motifs is 1. The highest BCUT2D eigenvalue weighted by atomic mass is 16.5. The standard InChI is InChI=1S/C26H38N2O3/c1-18(2)23-11-9-19(3)24-14-22(8-6-5-7-20(16-29)13-25(23)24)31-26(30)12-10-21-15-28(4)17-27-21/h5-6,9-10,12,15,17-18,20,22-25,29H,7-8,11,13-14,16H2,1-4H3/t20?,22-,23-,24+,25-/m1/s1. The number of rotatable bonds is 5. The average Bonchev–Trinajstić information content (AvgIpc) is 3.15. The topological polar surface area (TPSA) is 64.3 Å². The molecule has 0 spiro atoms. The van der Waals surface area contributed by atoms with E-state index in [2.05, 4.69) is 44.0 Å². The number of nitrogens with zero attached hydrogens (tertiary/aromatic N) is 2. The SMILES string of the molecule is CC1=CC[C@H](C(C)C)[C@H]2CC(CO)CC=CC[C@@H](OC(=O)C=Cc3cn(C)cn3)C[C@@H]12. The lowest BCUT2D eigenvalue weighted by molar-refractivity contribution is -0.143. The Morgan fingerprint density at radius 1 is 1.29 bits per heavy atom. The molecular weight excluding hydrogens is 388 g/mol. The second-order valence-corrected chi connectivity index (χ2v) is 9.68. The van der Waals surface area contributed by atoms with E-state index >= 15 is 0 Å². The number of aromatic nitrogens is 2. The van der Waals surface area contributed by atoms with Crippen LogP contribution in [0.4, 0.5) is 0 Å². The first-order chi connectivity index (χ1) is 14.9. The number of carbonyl (C=O) groups is 1. The molecule has 2 aliphatic rings. The molecule has 1 unspecified atom stereocenters. The summed E-state index contributed by atoms with van der Waals surface area (Å²) >= 11 is 0. The summed E-state index contributed by atoms with van der Waals surface area (Å²) in [6.45, 7) is 7.08. The number of allylic oxidation sites excluding steroid dienone is 3. The van der Waals surface area contributed by atoms with E-state index in [0.29, 0.717) is 36.0 Å². The van der Waals surface area contributed by atoms with E-state index in [1.807, 2.05) is 17.8 Å². The molecule has 1 heterocycles. The Labute approximate surface area is 186 Å². The molecule has 1 aromatic heterocycles. The van der Waals surface area contributed by atoms with E-state index in [-0.39, 0.29) is 18.7 Å². The summed E-state index contributed by atoms with van der Waals surface area (Å²) in [5, 5.41) is 9.94. The van der Waals surface area contributed by atoms with Crippen molar-refractivity contribution in [3.05, 3.63) is 48.1 Å². The Morgan fingerprint density at radius 3 is 2.74 bits per heavy atom. The number of hydrogen-bond acceptors (Lipinski definition) is 4. The highest BCUT2D eigenvalue weighted by Gasteiger charge is 2.38. The number of aryl methyl sites for hydroxylation is 1. The maximum absolute atomic E-state index is 12.5. The van der Waals surface area contributed by atoms with Gasteiger partial charge in [-0.2, -0.15) is 0 Å². The fourth-order valence-electron chi connectivity index (χ4n) is 5.27. The van der Waals surface area contributed by atoms with Crippen molar-refractivity contribution in [1.82, 2.24) is 9.55 Å². The number of ether oxygens (including phenoxy) is 1. The lowest BCUT2D eigenvalue weighted by Gasteiger charge is -2.42. The summed E-state index contributed by atoms with van der Waals surface area (Å²) in [6.07, 6.45) is 17.8. The molecule has 0 amide bonds. The molecule has 31 heavy (non-hydrogen) atoms. The van der Waals surface area contributed by atoms with E-state index in [1.54, 1.807) is 12.4 Å². The minimum atomic E-state index is -0.316. The van der Waals surface area contributed by atoms with Gasteiger partial charge in [0.2, 0.25) is 0 Å². The largest absolute Gasteiger partial charge is 0.459 e. The van der Waals surface area contributed by atoms with Crippen molar-refractivity contribution >= 4 is 12.0 Å². The molecule has 0 fully saturated rings. The zero-order chi connectivity index (χ0) is 22.4. The third kappa shape index (κ3) is 6.42. The third-order valence-corrected chi connectivity index (χ3v) is 7.03. The van der Waals surface area contributed by atoms with Crippen LogP contribution in [0.5, 0.6) is 0 Å². The molecule has 0 saturated carbocycles. The summed E-state index contributed by atoms with van der Waals surface area (Å²) < 4.78 is 7.76. The molecule has 1 N–H and O–H groups in total. The summed E-state index contributed by atoms with van der Waals surface area (Å²) in [4.78, 5) is 16.8. The van der Waals surface area contributed by atoms with Gasteiger partial charge in [0.05, 0.1) is 12.0 Å². The van der Waals surface area contributed by atoms with E-state index in [0.717, 1.165) is 31.4 Å². The lowest BCUT2D eigenvalue weighted by atomic mass is 9.63. The minimum absolute atomic E-state index is 0.149. The second-order valence-electron chi connectivity index (χ2n) is 9.68. The van der Waals surface area contributed by atoms with Crippen LogP contribution in [0.1, 0.15) is 58.6 Å². The van der Waals surface area contributed by atoms with Gasteiger partial charge in [-0.25, -0.2) is 9.78 Å². The fourth-order valence-corrected chi connectivity index (χ4v) is 5.27. The van der Waals surface area contributed by atoms with E-state index in [4.69, 9.17) is 4.74 Å². The zero-order valence-electron chi connectivity index (χ0n) is 19.4. The van der Waals surface area contributed by atoms with Gasteiger partial charge in [-0.15, -0.1) is 0 Å². The molecule has 170 valence electrons. The Morgan fingerprint density at radius 2 is 2.06 bits per heavy atom. The molecule has 1 aromatic rings. The first-order valence-electron chi connectivity index (χ1n) is 11.7. The highest BCUT2D eigenvalue weighted by molar-refractivity contribution is 5.86. The fraction of sp³-hybridized carbons (Fsp3) is 0.615. The Balaban J connectivity index is 1.77. The van der Waals surface area contributed by atoms with Crippen LogP contribution in [-0.4, -0.2) is 33.3 Å². The number of hydrogen-bond donors (Lipinski definition) is 1. The molecule has 0 aromatic carbocycles. The van der Waals surface area contributed by atoms with Gasteiger partial charge in [0.1, 0.15) is 6.10 Å². The van der Waals surface area contributed by atoms with E-state index < -0.39 is 0 Å². The van der Waals surface area contributed by atoms with Gasteiger partial charge < -0.3 is 14.4 Å². The van der Waals surface area contributed by atoms with Crippen LogP contribution < -0.4 is 0 Å². The Kier molecular flexibility index (Phi) is 8.30. The van der Waals surface area contributed by atoms with Crippen molar-refractivity contribution in [2.75, 3.05) is 6.61 Å². The predicted octanol–water partition coefficient (Wildman–Crippen LogP) is 4.94. The van der Waals surface area contributed by atoms with Gasteiger partial charge in [0.15, 0.2) is 0 Å². The van der Waals surface area contributed by atoms with Crippen molar-refractivity contribution in [3.8, 4) is 0 Å². The minimum Gasteiger partial charge on any atom is -0.459 e.